The summed E-state index contributed by atoms with van der Waals surface area (Å²) < 4.78 is 0. The van der Waals surface area contributed by atoms with Crippen molar-refractivity contribution in [3.05, 3.63) is 36.0 Å². The molecule has 0 heterocycles. The van der Waals surface area contributed by atoms with Crippen LogP contribution in [0.5, 0.6) is 0 Å². The van der Waals surface area contributed by atoms with Gasteiger partial charge >= 0.3 is 0 Å². The number of rotatable bonds is 0. The van der Waals surface area contributed by atoms with E-state index in [1.807, 2.05) is 0 Å². The molecule has 2 aliphatic rings. The van der Waals surface area contributed by atoms with E-state index in [1.165, 1.54) is 43.3 Å². The summed E-state index contributed by atoms with van der Waals surface area (Å²) in [6.07, 6.45) is 13.6. The van der Waals surface area contributed by atoms with E-state index in [0.29, 0.717) is 5.41 Å². The first-order chi connectivity index (χ1) is 6.25. The van der Waals surface area contributed by atoms with Crippen molar-refractivity contribution < 1.29 is 0 Å². The van der Waals surface area contributed by atoms with E-state index in [9.17, 15) is 0 Å². The zero-order valence-electron chi connectivity index (χ0n) is 8.47. The van der Waals surface area contributed by atoms with Crippen molar-refractivity contribution in [1.82, 2.24) is 0 Å². The standard InChI is InChI=1S/C13H18/c1-11-7-6-10-13(12(11)2)8-4-3-5-9-13/h6-7,10H,2-5,8-9H2,1H3. The van der Waals surface area contributed by atoms with Crippen LogP contribution in [0.2, 0.25) is 0 Å². The molecular weight excluding hydrogens is 156 g/mol. The van der Waals surface area contributed by atoms with E-state index < -0.39 is 0 Å². The monoisotopic (exact) mass is 174 g/mol. The third kappa shape index (κ3) is 1.39. The lowest BCUT2D eigenvalue weighted by atomic mass is 9.66. The summed E-state index contributed by atoms with van der Waals surface area (Å²) in [5.41, 5.74) is 3.09. The average molecular weight is 174 g/mol. The fourth-order valence-corrected chi connectivity index (χ4v) is 2.62. The molecule has 1 saturated carbocycles. The maximum Gasteiger partial charge on any atom is 0.0132 e. The molecule has 2 rings (SSSR count). The minimum absolute atomic E-state index is 0.344. The fraction of sp³-hybridized carbons (Fsp3) is 0.538. The minimum atomic E-state index is 0.344. The number of hydrogen-bond donors (Lipinski definition) is 0. The molecule has 0 radical (unpaired) electrons. The summed E-state index contributed by atoms with van der Waals surface area (Å²) in [7, 11) is 0. The van der Waals surface area contributed by atoms with Gasteiger partial charge in [-0.05, 0) is 30.9 Å². The smallest absolute Gasteiger partial charge is 0.0132 e. The highest BCUT2D eigenvalue weighted by atomic mass is 14.4. The number of hydrogen-bond acceptors (Lipinski definition) is 0. The molecule has 0 aliphatic heterocycles. The van der Waals surface area contributed by atoms with Gasteiger partial charge in [0.25, 0.3) is 0 Å². The van der Waals surface area contributed by atoms with Gasteiger partial charge in [0.05, 0.1) is 0 Å². The fourth-order valence-electron chi connectivity index (χ4n) is 2.62. The second kappa shape index (κ2) is 3.17. The van der Waals surface area contributed by atoms with Crippen LogP contribution in [-0.4, -0.2) is 0 Å². The summed E-state index contributed by atoms with van der Waals surface area (Å²) in [6, 6.07) is 0. The molecule has 1 spiro atoms. The van der Waals surface area contributed by atoms with Crippen LogP contribution in [0.3, 0.4) is 0 Å². The molecular formula is C13H18. The first-order valence-electron chi connectivity index (χ1n) is 5.30. The Balaban J connectivity index is 2.27. The van der Waals surface area contributed by atoms with Crippen LogP contribution in [0.1, 0.15) is 39.0 Å². The molecule has 0 aromatic carbocycles. The lowest BCUT2D eigenvalue weighted by molar-refractivity contribution is 0.310. The maximum absolute atomic E-state index is 4.25. The molecule has 0 aromatic heterocycles. The highest BCUT2D eigenvalue weighted by molar-refractivity contribution is 5.43. The van der Waals surface area contributed by atoms with Gasteiger partial charge in [0, 0.05) is 5.41 Å². The minimum Gasteiger partial charge on any atom is -0.0947 e. The molecule has 0 atom stereocenters. The lowest BCUT2D eigenvalue weighted by Crippen LogP contribution is -2.25. The predicted molar refractivity (Wildman–Crippen MR) is 57.6 cm³/mol. The van der Waals surface area contributed by atoms with E-state index in [2.05, 4.69) is 31.7 Å². The molecule has 0 amide bonds. The van der Waals surface area contributed by atoms with Crippen LogP contribution in [0.15, 0.2) is 36.0 Å². The van der Waals surface area contributed by atoms with Gasteiger partial charge in [0.2, 0.25) is 0 Å². The van der Waals surface area contributed by atoms with Gasteiger partial charge in [0.1, 0.15) is 0 Å². The number of allylic oxidation sites excluding steroid dienone is 5. The molecule has 0 saturated heterocycles. The highest BCUT2D eigenvalue weighted by Gasteiger charge is 2.33. The van der Waals surface area contributed by atoms with Crippen molar-refractivity contribution in [2.45, 2.75) is 39.0 Å². The van der Waals surface area contributed by atoms with Crippen molar-refractivity contribution in [3.8, 4) is 0 Å². The summed E-state index contributed by atoms with van der Waals surface area (Å²) in [6.45, 7) is 6.44. The lowest BCUT2D eigenvalue weighted by Gasteiger charge is -2.38. The molecule has 0 unspecified atom stereocenters. The Morgan fingerprint density at radius 2 is 1.92 bits per heavy atom. The van der Waals surface area contributed by atoms with E-state index in [0.717, 1.165) is 0 Å². The first-order valence-corrected chi connectivity index (χ1v) is 5.30. The zero-order chi connectivity index (χ0) is 9.31. The zero-order valence-corrected chi connectivity index (χ0v) is 8.47. The molecule has 0 bridgehead atoms. The second-order valence-electron chi connectivity index (χ2n) is 4.40. The topological polar surface area (TPSA) is 0 Å². The SMILES string of the molecule is C=C1C(C)=CC=CC12CCCCC2. The van der Waals surface area contributed by atoms with Crippen molar-refractivity contribution in [3.63, 3.8) is 0 Å². The van der Waals surface area contributed by atoms with Gasteiger partial charge in [-0.3, -0.25) is 0 Å². The molecule has 0 aromatic rings. The molecule has 0 nitrogen and oxygen atoms in total. The van der Waals surface area contributed by atoms with E-state index >= 15 is 0 Å². The summed E-state index contributed by atoms with van der Waals surface area (Å²) in [5, 5.41) is 0. The second-order valence-corrected chi connectivity index (χ2v) is 4.40. The van der Waals surface area contributed by atoms with Crippen molar-refractivity contribution >= 4 is 0 Å². The molecule has 0 heteroatoms. The summed E-state index contributed by atoms with van der Waals surface area (Å²) in [5.74, 6) is 0. The van der Waals surface area contributed by atoms with Crippen LogP contribution in [-0.2, 0) is 0 Å². The summed E-state index contributed by atoms with van der Waals surface area (Å²) >= 11 is 0. The Bertz CT molecular complexity index is 272. The predicted octanol–water partition coefficient (Wildman–Crippen LogP) is 4.01. The Morgan fingerprint density at radius 1 is 1.23 bits per heavy atom. The third-order valence-electron chi connectivity index (χ3n) is 3.58. The van der Waals surface area contributed by atoms with E-state index in [4.69, 9.17) is 0 Å². The van der Waals surface area contributed by atoms with Crippen LogP contribution in [0.4, 0.5) is 0 Å². The van der Waals surface area contributed by atoms with E-state index in [-0.39, 0.29) is 0 Å². The largest absolute Gasteiger partial charge is 0.0947 e. The van der Waals surface area contributed by atoms with Crippen molar-refractivity contribution in [1.29, 1.82) is 0 Å². The van der Waals surface area contributed by atoms with Crippen LogP contribution >= 0.6 is 0 Å². The summed E-state index contributed by atoms with van der Waals surface area (Å²) in [4.78, 5) is 0. The molecule has 13 heavy (non-hydrogen) atoms. The average Bonchev–Trinajstić information content (AvgIpc) is 2.16. The van der Waals surface area contributed by atoms with Gasteiger partial charge in [-0.2, -0.15) is 0 Å². The van der Waals surface area contributed by atoms with Crippen LogP contribution < -0.4 is 0 Å². The quantitative estimate of drug-likeness (QED) is 0.520. The first kappa shape index (κ1) is 8.80. The molecule has 1 fully saturated rings. The Hall–Kier alpha value is -0.780. The Labute approximate surface area is 81.0 Å². The van der Waals surface area contributed by atoms with Gasteiger partial charge in [0.15, 0.2) is 0 Å². The van der Waals surface area contributed by atoms with Crippen LogP contribution in [0, 0.1) is 5.41 Å². The Kier molecular flexibility index (Phi) is 2.15. The normalized spacial score (nSPS) is 26.2. The van der Waals surface area contributed by atoms with Crippen LogP contribution in [0.25, 0.3) is 0 Å². The van der Waals surface area contributed by atoms with Gasteiger partial charge in [-0.15, -0.1) is 0 Å². The van der Waals surface area contributed by atoms with Crippen molar-refractivity contribution in [2.75, 3.05) is 0 Å². The third-order valence-corrected chi connectivity index (χ3v) is 3.58. The maximum atomic E-state index is 4.25. The van der Waals surface area contributed by atoms with E-state index in [1.54, 1.807) is 0 Å². The molecule has 70 valence electrons. The van der Waals surface area contributed by atoms with Gasteiger partial charge in [-0.25, -0.2) is 0 Å². The van der Waals surface area contributed by atoms with Gasteiger partial charge in [-0.1, -0.05) is 44.1 Å². The van der Waals surface area contributed by atoms with Crippen molar-refractivity contribution in [2.24, 2.45) is 5.41 Å². The molecule has 0 N–H and O–H groups in total. The Morgan fingerprint density at radius 3 is 2.62 bits per heavy atom. The highest BCUT2D eigenvalue weighted by Crippen LogP contribution is 2.47. The van der Waals surface area contributed by atoms with Gasteiger partial charge < -0.3 is 0 Å². The molecule has 2 aliphatic carbocycles.